The third-order valence-electron chi connectivity index (χ3n) is 5.41. The van der Waals surface area contributed by atoms with Crippen molar-refractivity contribution in [2.45, 2.75) is 25.2 Å². The second-order valence-electron chi connectivity index (χ2n) is 7.58. The first-order valence-electron chi connectivity index (χ1n) is 9.62. The second-order valence-corrected chi connectivity index (χ2v) is 7.58. The molecule has 2 aliphatic rings. The number of nitrogens with one attached hydrogen (secondary N) is 2. The van der Waals surface area contributed by atoms with Crippen molar-refractivity contribution in [1.29, 1.82) is 0 Å². The SMILES string of the molecule is CN=C(NCC(C)CN1CCOCC1)NCC1(c2ccccc2F)CC1. The molecule has 6 heteroatoms. The molecule has 1 aliphatic heterocycles. The van der Waals surface area contributed by atoms with E-state index >= 15 is 0 Å². The standard InChI is InChI=1S/C20H31FN4O/c1-16(14-25-9-11-26-12-10-25)13-23-19(22-2)24-15-20(7-8-20)17-5-3-4-6-18(17)21/h3-6,16H,7-15H2,1-2H3,(H2,22,23,24). The van der Waals surface area contributed by atoms with Crippen molar-refractivity contribution in [2.75, 3.05) is 53.0 Å². The van der Waals surface area contributed by atoms with Gasteiger partial charge >= 0.3 is 0 Å². The Morgan fingerprint density at radius 3 is 2.65 bits per heavy atom. The van der Waals surface area contributed by atoms with Crippen LogP contribution in [0, 0.1) is 11.7 Å². The molecule has 0 amide bonds. The maximum atomic E-state index is 14.1. The van der Waals surface area contributed by atoms with Crippen LogP contribution in [0.3, 0.4) is 0 Å². The molecule has 0 aromatic heterocycles. The van der Waals surface area contributed by atoms with E-state index in [1.54, 1.807) is 19.2 Å². The van der Waals surface area contributed by atoms with Crippen molar-refractivity contribution in [3.8, 4) is 0 Å². The molecule has 1 aliphatic carbocycles. The van der Waals surface area contributed by atoms with Crippen LogP contribution >= 0.6 is 0 Å². The van der Waals surface area contributed by atoms with Gasteiger partial charge in [0.15, 0.2) is 5.96 Å². The second kappa shape index (κ2) is 8.82. The maximum Gasteiger partial charge on any atom is 0.191 e. The van der Waals surface area contributed by atoms with Gasteiger partial charge in [0.1, 0.15) is 5.82 Å². The van der Waals surface area contributed by atoms with Gasteiger partial charge < -0.3 is 15.4 Å². The average molecular weight is 362 g/mol. The molecule has 26 heavy (non-hydrogen) atoms. The van der Waals surface area contributed by atoms with E-state index in [0.717, 1.165) is 63.8 Å². The fraction of sp³-hybridized carbons (Fsp3) is 0.650. The number of hydrogen-bond donors (Lipinski definition) is 2. The van der Waals surface area contributed by atoms with Crippen LogP contribution in [0.2, 0.25) is 0 Å². The van der Waals surface area contributed by atoms with Crippen LogP contribution in [0.1, 0.15) is 25.3 Å². The topological polar surface area (TPSA) is 48.9 Å². The maximum absolute atomic E-state index is 14.1. The van der Waals surface area contributed by atoms with E-state index in [4.69, 9.17) is 4.74 Å². The summed E-state index contributed by atoms with van der Waals surface area (Å²) in [4.78, 5) is 6.77. The smallest absolute Gasteiger partial charge is 0.191 e. The van der Waals surface area contributed by atoms with Crippen molar-refractivity contribution in [1.82, 2.24) is 15.5 Å². The molecule has 144 valence electrons. The zero-order chi connectivity index (χ0) is 18.4. The van der Waals surface area contributed by atoms with Crippen molar-refractivity contribution in [2.24, 2.45) is 10.9 Å². The molecule has 1 unspecified atom stereocenters. The number of rotatable bonds is 7. The van der Waals surface area contributed by atoms with Crippen LogP contribution in [-0.2, 0) is 10.2 Å². The van der Waals surface area contributed by atoms with Gasteiger partial charge in [-0.1, -0.05) is 25.1 Å². The first-order valence-corrected chi connectivity index (χ1v) is 9.62. The van der Waals surface area contributed by atoms with Gasteiger partial charge in [0.05, 0.1) is 13.2 Å². The van der Waals surface area contributed by atoms with E-state index in [1.807, 2.05) is 12.1 Å². The summed E-state index contributed by atoms with van der Waals surface area (Å²) in [6.45, 7) is 8.59. The summed E-state index contributed by atoms with van der Waals surface area (Å²) in [5.74, 6) is 1.21. The number of hydrogen-bond acceptors (Lipinski definition) is 3. The predicted molar refractivity (Wildman–Crippen MR) is 103 cm³/mol. The van der Waals surface area contributed by atoms with Crippen LogP contribution in [0.4, 0.5) is 4.39 Å². The molecular formula is C20H31FN4O. The summed E-state index contributed by atoms with van der Waals surface area (Å²) < 4.78 is 19.5. The normalized spacial score (nSPS) is 21.3. The Morgan fingerprint density at radius 2 is 2.00 bits per heavy atom. The molecule has 1 saturated carbocycles. The van der Waals surface area contributed by atoms with Crippen LogP contribution < -0.4 is 10.6 Å². The molecule has 3 rings (SSSR count). The fourth-order valence-corrected chi connectivity index (χ4v) is 3.62. The van der Waals surface area contributed by atoms with Gasteiger partial charge in [-0.15, -0.1) is 0 Å². The molecule has 5 nitrogen and oxygen atoms in total. The summed E-state index contributed by atoms with van der Waals surface area (Å²) in [5.41, 5.74) is 0.742. The highest BCUT2D eigenvalue weighted by Gasteiger charge is 2.45. The lowest BCUT2D eigenvalue weighted by atomic mass is 9.95. The lowest BCUT2D eigenvalue weighted by molar-refractivity contribution is 0.0320. The van der Waals surface area contributed by atoms with Crippen molar-refractivity contribution in [3.05, 3.63) is 35.6 Å². The third-order valence-corrected chi connectivity index (χ3v) is 5.41. The molecular weight excluding hydrogens is 331 g/mol. The van der Waals surface area contributed by atoms with E-state index in [2.05, 4.69) is 27.4 Å². The summed E-state index contributed by atoms with van der Waals surface area (Å²) in [6.07, 6.45) is 2.04. The lowest BCUT2D eigenvalue weighted by Gasteiger charge is -2.29. The Labute approximate surface area is 156 Å². The van der Waals surface area contributed by atoms with E-state index in [-0.39, 0.29) is 11.2 Å². The van der Waals surface area contributed by atoms with Crippen molar-refractivity contribution in [3.63, 3.8) is 0 Å². The molecule has 2 N–H and O–H groups in total. The van der Waals surface area contributed by atoms with Gasteiger partial charge in [0.2, 0.25) is 0 Å². The summed E-state index contributed by atoms with van der Waals surface area (Å²) in [7, 11) is 1.78. The van der Waals surface area contributed by atoms with Gasteiger partial charge in [-0.3, -0.25) is 9.89 Å². The van der Waals surface area contributed by atoms with E-state index in [1.165, 1.54) is 0 Å². The molecule has 0 bridgehead atoms. The first-order chi connectivity index (χ1) is 12.6. The lowest BCUT2D eigenvalue weighted by Crippen LogP contribution is -2.45. The van der Waals surface area contributed by atoms with E-state index in [9.17, 15) is 4.39 Å². The highest BCUT2D eigenvalue weighted by molar-refractivity contribution is 5.79. The quantitative estimate of drug-likeness (QED) is 0.575. The van der Waals surface area contributed by atoms with Crippen LogP contribution in [0.15, 0.2) is 29.3 Å². The van der Waals surface area contributed by atoms with Crippen LogP contribution in [-0.4, -0.2) is 63.8 Å². The number of morpholine rings is 1. The molecule has 0 spiro atoms. The Balaban J connectivity index is 1.44. The Morgan fingerprint density at radius 1 is 1.27 bits per heavy atom. The number of halogens is 1. The highest BCUT2D eigenvalue weighted by atomic mass is 19.1. The molecule has 1 aromatic carbocycles. The van der Waals surface area contributed by atoms with Gasteiger partial charge in [0.25, 0.3) is 0 Å². The number of benzene rings is 1. The minimum Gasteiger partial charge on any atom is -0.379 e. The molecule has 0 radical (unpaired) electrons. The summed E-state index contributed by atoms with van der Waals surface area (Å²) in [5, 5.41) is 6.81. The number of nitrogens with zero attached hydrogens (tertiary/aromatic N) is 2. The summed E-state index contributed by atoms with van der Waals surface area (Å²) in [6, 6.07) is 7.12. The predicted octanol–water partition coefficient (Wildman–Crippen LogP) is 1.99. The summed E-state index contributed by atoms with van der Waals surface area (Å²) >= 11 is 0. The monoisotopic (exact) mass is 362 g/mol. The zero-order valence-corrected chi connectivity index (χ0v) is 15.9. The largest absolute Gasteiger partial charge is 0.379 e. The van der Waals surface area contributed by atoms with Crippen LogP contribution in [0.25, 0.3) is 0 Å². The third kappa shape index (κ3) is 4.95. The van der Waals surface area contributed by atoms with Gasteiger partial charge in [-0.25, -0.2) is 4.39 Å². The Kier molecular flexibility index (Phi) is 6.48. The molecule has 1 atom stereocenters. The number of guanidine groups is 1. The van der Waals surface area contributed by atoms with Gasteiger partial charge in [0, 0.05) is 45.2 Å². The highest BCUT2D eigenvalue weighted by Crippen LogP contribution is 2.48. The number of ether oxygens (including phenoxy) is 1. The van der Waals surface area contributed by atoms with Crippen molar-refractivity contribution < 1.29 is 9.13 Å². The fourth-order valence-electron chi connectivity index (χ4n) is 3.62. The van der Waals surface area contributed by atoms with Crippen molar-refractivity contribution >= 4 is 5.96 Å². The molecule has 1 saturated heterocycles. The van der Waals surface area contributed by atoms with Gasteiger partial charge in [-0.2, -0.15) is 0 Å². The Hall–Kier alpha value is -1.66. The number of aliphatic imine (C=N–C) groups is 1. The van der Waals surface area contributed by atoms with E-state index in [0.29, 0.717) is 12.5 Å². The average Bonchev–Trinajstić information content (AvgIpc) is 3.44. The van der Waals surface area contributed by atoms with Gasteiger partial charge in [-0.05, 0) is 30.4 Å². The minimum absolute atomic E-state index is 0.0810. The zero-order valence-electron chi connectivity index (χ0n) is 15.9. The molecule has 2 fully saturated rings. The first kappa shape index (κ1) is 19.1. The van der Waals surface area contributed by atoms with E-state index < -0.39 is 0 Å². The van der Waals surface area contributed by atoms with Crippen LogP contribution in [0.5, 0.6) is 0 Å². The molecule has 1 heterocycles. The molecule has 1 aromatic rings. The minimum atomic E-state index is -0.103. The Bertz CT molecular complexity index is 612.